The van der Waals surface area contributed by atoms with Crippen molar-refractivity contribution < 1.29 is 19.2 Å². The Morgan fingerprint density at radius 2 is 2.17 bits per heavy atom. The minimum Gasteiger partial charge on any atom is -0.464 e. The second-order valence-electron chi connectivity index (χ2n) is 4.84. The van der Waals surface area contributed by atoms with Gasteiger partial charge >= 0.3 is 5.69 Å². The summed E-state index contributed by atoms with van der Waals surface area (Å²) < 4.78 is 11.7. The lowest BCUT2D eigenvalue weighted by Gasteiger charge is -2.06. The molecule has 1 N–H and O–H groups in total. The van der Waals surface area contributed by atoms with E-state index in [1.54, 1.807) is 31.5 Å². The predicted octanol–water partition coefficient (Wildman–Crippen LogP) is 1.59. The number of amides is 1. The van der Waals surface area contributed by atoms with Crippen molar-refractivity contribution in [3.8, 4) is 5.75 Å². The normalized spacial score (nSPS) is 10.4. The summed E-state index contributed by atoms with van der Waals surface area (Å²) >= 11 is 0. The van der Waals surface area contributed by atoms with Gasteiger partial charge in [0.15, 0.2) is 12.5 Å². The first-order valence-corrected chi connectivity index (χ1v) is 7.28. The molecule has 1 heterocycles. The van der Waals surface area contributed by atoms with Gasteiger partial charge in [-0.3, -0.25) is 14.9 Å². The highest BCUT2D eigenvalue weighted by Gasteiger charge is 2.14. The summed E-state index contributed by atoms with van der Waals surface area (Å²) in [7, 11) is 1.60. The molecule has 0 unspecified atom stereocenters. The molecule has 0 bridgehead atoms. The van der Waals surface area contributed by atoms with Crippen molar-refractivity contribution >= 4 is 11.6 Å². The van der Waals surface area contributed by atoms with Crippen LogP contribution in [0.15, 0.2) is 36.5 Å². The molecule has 0 saturated heterocycles. The van der Waals surface area contributed by atoms with Gasteiger partial charge < -0.3 is 14.8 Å². The number of ether oxygens (including phenoxy) is 2. The van der Waals surface area contributed by atoms with Crippen LogP contribution in [0.2, 0.25) is 0 Å². The molecule has 0 spiro atoms. The zero-order valence-electron chi connectivity index (χ0n) is 13.2. The number of hydrogen-bond donors (Lipinski definition) is 1. The molecule has 24 heavy (non-hydrogen) atoms. The zero-order chi connectivity index (χ0) is 17.4. The Morgan fingerprint density at radius 3 is 2.92 bits per heavy atom. The van der Waals surface area contributed by atoms with Gasteiger partial charge in [0.2, 0.25) is 0 Å². The maximum absolute atomic E-state index is 11.9. The Kier molecular flexibility index (Phi) is 6.26. The van der Waals surface area contributed by atoms with Crippen molar-refractivity contribution in [3.05, 3.63) is 52.3 Å². The molecule has 1 aromatic carbocycles. The molecule has 1 aromatic heterocycles. The number of rotatable bonds is 9. The van der Waals surface area contributed by atoms with E-state index in [9.17, 15) is 14.9 Å². The van der Waals surface area contributed by atoms with E-state index in [1.165, 1.54) is 16.8 Å². The van der Waals surface area contributed by atoms with E-state index in [0.29, 0.717) is 19.6 Å². The molecule has 0 fully saturated rings. The van der Waals surface area contributed by atoms with E-state index in [4.69, 9.17) is 9.47 Å². The SMILES string of the molecule is COCCCNC(=O)c1ccn(COc2ccccc2[N+](=O)[O-])n1. The summed E-state index contributed by atoms with van der Waals surface area (Å²) in [6, 6.07) is 7.62. The predicted molar refractivity (Wildman–Crippen MR) is 84.8 cm³/mol. The highest BCUT2D eigenvalue weighted by Crippen LogP contribution is 2.25. The fourth-order valence-electron chi connectivity index (χ4n) is 1.93. The molecule has 0 aliphatic carbocycles. The summed E-state index contributed by atoms with van der Waals surface area (Å²) in [5.74, 6) is -0.154. The number of para-hydroxylation sites is 2. The Morgan fingerprint density at radius 1 is 1.38 bits per heavy atom. The zero-order valence-corrected chi connectivity index (χ0v) is 13.2. The third kappa shape index (κ3) is 4.78. The highest BCUT2D eigenvalue weighted by atomic mass is 16.6. The molecule has 2 rings (SSSR count). The van der Waals surface area contributed by atoms with Crippen LogP contribution >= 0.6 is 0 Å². The maximum atomic E-state index is 11.9. The second-order valence-corrected chi connectivity index (χ2v) is 4.84. The van der Waals surface area contributed by atoms with Crippen LogP contribution in [-0.4, -0.2) is 40.9 Å². The Bertz CT molecular complexity index is 701. The quantitative estimate of drug-likeness (QED) is 0.424. The summed E-state index contributed by atoms with van der Waals surface area (Å²) in [6.07, 6.45) is 2.28. The molecule has 0 saturated carbocycles. The minimum atomic E-state index is -0.517. The lowest BCUT2D eigenvalue weighted by Crippen LogP contribution is -2.25. The number of benzene rings is 1. The monoisotopic (exact) mass is 334 g/mol. The van der Waals surface area contributed by atoms with Gasteiger partial charge in [0.05, 0.1) is 4.92 Å². The molecule has 0 aliphatic rings. The minimum absolute atomic E-state index is 0.0399. The molecule has 0 atom stereocenters. The number of methoxy groups -OCH3 is 1. The Labute approximate surface area is 138 Å². The van der Waals surface area contributed by atoms with E-state index in [0.717, 1.165) is 0 Å². The van der Waals surface area contributed by atoms with Gasteiger partial charge in [-0.1, -0.05) is 12.1 Å². The lowest BCUT2D eigenvalue weighted by molar-refractivity contribution is -0.386. The largest absolute Gasteiger partial charge is 0.464 e. The van der Waals surface area contributed by atoms with E-state index < -0.39 is 4.92 Å². The summed E-state index contributed by atoms with van der Waals surface area (Å²) in [5.41, 5.74) is 0.124. The van der Waals surface area contributed by atoms with Crippen LogP contribution in [0, 0.1) is 10.1 Å². The van der Waals surface area contributed by atoms with Gasteiger partial charge in [-0.25, -0.2) is 4.68 Å². The van der Waals surface area contributed by atoms with E-state index >= 15 is 0 Å². The number of carbonyl (C=O) groups is 1. The van der Waals surface area contributed by atoms with Crippen molar-refractivity contribution in [2.24, 2.45) is 0 Å². The average Bonchev–Trinajstić information content (AvgIpc) is 3.06. The first kappa shape index (κ1) is 17.4. The van der Waals surface area contributed by atoms with Crippen molar-refractivity contribution in [2.75, 3.05) is 20.3 Å². The Balaban J connectivity index is 1.90. The fraction of sp³-hybridized carbons (Fsp3) is 0.333. The molecule has 0 aliphatic heterocycles. The van der Waals surface area contributed by atoms with Gasteiger partial charge in [0.1, 0.15) is 5.69 Å². The van der Waals surface area contributed by atoms with Crippen molar-refractivity contribution in [3.63, 3.8) is 0 Å². The van der Waals surface area contributed by atoms with Crippen LogP contribution in [0.1, 0.15) is 16.9 Å². The van der Waals surface area contributed by atoms with Crippen LogP contribution in [-0.2, 0) is 11.5 Å². The third-order valence-electron chi connectivity index (χ3n) is 3.10. The van der Waals surface area contributed by atoms with Gasteiger partial charge in [0, 0.05) is 32.5 Å². The van der Waals surface area contributed by atoms with Crippen LogP contribution in [0.25, 0.3) is 0 Å². The number of aromatic nitrogens is 2. The standard InChI is InChI=1S/C15H18N4O5/c1-23-10-4-8-16-15(20)12-7-9-18(17-12)11-24-14-6-3-2-5-13(14)19(21)22/h2-3,5-7,9H,4,8,10-11H2,1H3,(H,16,20). The summed E-state index contributed by atoms with van der Waals surface area (Å²) in [5, 5.41) is 17.7. The molecule has 0 radical (unpaired) electrons. The van der Waals surface area contributed by atoms with Gasteiger partial charge in [-0.05, 0) is 18.6 Å². The number of nitrogens with one attached hydrogen (secondary N) is 1. The lowest BCUT2D eigenvalue weighted by atomic mass is 10.3. The summed E-state index contributed by atoms with van der Waals surface area (Å²) in [4.78, 5) is 22.3. The van der Waals surface area contributed by atoms with E-state index in [1.807, 2.05) is 0 Å². The van der Waals surface area contributed by atoms with E-state index in [-0.39, 0.29) is 29.8 Å². The maximum Gasteiger partial charge on any atom is 0.311 e. The van der Waals surface area contributed by atoms with Crippen molar-refractivity contribution in [1.29, 1.82) is 0 Å². The summed E-state index contributed by atoms with van der Waals surface area (Å²) in [6.45, 7) is 1.02. The number of nitro groups is 1. The molecule has 9 nitrogen and oxygen atoms in total. The second kappa shape index (κ2) is 8.63. The molecule has 128 valence electrons. The highest BCUT2D eigenvalue weighted by molar-refractivity contribution is 5.92. The van der Waals surface area contributed by atoms with Crippen LogP contribution in [0.4, 0.5) is 5.69 Å². The van der Waals surface area contributed by atoms with Crippen LogP contribution < -0.4 is 10.1 Å². The Hall–Kier alpha value is -2.94. The number of carbonyl (C=O) groups excluding carboxylic acids is 1. The first-order chi connectivity index (χ1) is 11.6. The van der Waals surface area contributed by atoms with Gasteiger partial charge in [-0.2, -0.15) is 5.10 Å². The molecular formula is C15H18N4O5. The van der Waals surface area contributed by atoms with Crippen molar-refractivity contribution in [1.82, 2.24) is 15.1 Å². The van der Waals surface area contributed by atoms with Crippen LogP contribution in [0.3, 0.4) is 0 Å². The van der Waals surface area contributed by atoms with Crippen LogP contribution in [0.5, 0.6) is 5.75 Å². The number of hydrogen-bond acceptors (Lipinski definition) is 6. The van der Waals surface area contributed by atoms with Crippen molar-refractivity contribution in [2.45, 2.75) is 13.2 Å². The topological polar surface area (TPSA) is 109 Å². The van der Waals surface area contributed by atoms with Gasteiger partial charge in [0.25, 0.3) is 5.91 Å². The molecule has 9 heteroatoms. The number of nitro benzene ring substituents is 1. The smallest absolute Gasteiger partial charge is 0.311 e. The first-order valence-electron chi connectivity index (χ1n) is 7.28. The fourth-order valence-corrected chi connectivity index (χ4v) is 1.93. The molecule has 2 aromatic rings. The average molecular weight is 334 g/mol. The third-order valence-corrected chi connectivity index (χ3v) is 3.10. The van der Waals surface area contributed by atoms with E-state index in [2.05, 4.69) is 10.4 Å². The molecular weight excluding hydrogens is 316 g/mol. The molecule has 1 amide bonds. The van der Waals surface area contributed by atoms with Gasteiger partial charge in [-0.15, -0.1) is 0 Å². The number of nitrogens with zero attached hydrogens (tertiary/aromatic N) is 3.